The van der Waals surface area contributed by atoms with Crippen molar-refractivity contribution in [1.29, 1.82) is 0 Å². The Kier molecular flexibility index (Phi) is 6.81. The van der Waals surface area contributed by atoms with Crippen molar-refractivity contribution in [3.05, 3.63) is 68.0 Å². The molecule has 2 heterocycles. The summed E-state index contributed by atoms with van der Waals surface area (Å²) in [6.45, 7) is -0.703. The molecule has 3 atom stereocenters. The lowest BCUT2D eigenvalue weighted by molar-refractivity contribution is -0.0233. The van der Waals surface area contributed by atoms with Gasteiger partial charge in [0, 0.05) is 5.56 Å². The van der Waals surface area contributed by atoms with Crippen LogP contribution in [0.3, 0.4) is 0 Å². The van der Waals surface area contributed by atoms with Gasteiger partial charge < -0.3 is 18.7 Å². The predicted molar refractivity (Wildman–Crippen MR) is 90.6 cm³/mol. The van der Waals surface area contributed by atoms with E-state index in [0.717, 1.165) is 22.9 Å². The minimum absolute atomic E-state index is 0.153. The van der Waals surface area contributed by atoms with E-state index < -0.39 is 62.1 Å². The highest BCUT2D eigenvalue weighted by Crippen LogP contribution is 2.37. The zero-order chi connectivity index (χ0) is 21.1. The Bertz CT molecular complexity index is 1000. The molecule has 1 saturated heterocycles. The molecule has 3 unspecified atom stereocenters. The van der Waals surface area contributed by atoms with Gasteiger partial charge in [0.15, 0.2) is 17.5 Å². The van der Waals surface area contributed by atoms with Crippen molar-refractivity contribution >= 4 is 8.60 Å². The number of ether oxygens (including phenoxy) is 1. The maximum atomic E-state index is 13.5. The Hall–Kier alpha value is -2.11. The molecule has 8 nitrogen and oxygen atoms in total. The molecular weight excluding hydrogens is 423 g/mol. The maximum absolute atomic E-state index is 13.5. The monoisotopic (exact) mass is 438 g/mol. The molecule has 158 valence electrons. The zero-order valence-corrected chi connectivity index (χ0v) is 15.5. The van der Waals surface area contributed by atoms with Gasteiger partial charge in [-0.1, -0.05) is 6.07 Å². The van der Waals surface area contributed by atoms with Crippen molar-refractivity contribution in [3.63, 3.8) is 0 Å². The van der Waals surface area contributed by atoms with Crippen LogP contribution in [0.1, 0.15) is 24.6 Å². The molecule has 1 aromatic heterocycles. The fourth-order valence-electron chi connectivity index (χ4n) is 2.67. The number of H-pyrrole nitrogens is 1. The van der Waals surface area contributed by atoms with Crippen LogP contribution in [0.4, 0.5) is 17.6 Å². The number of hydrogen-bond donors (Lipinski definition) is 2. The van der Waals surface area contributed by atoms with Crippen LogP contribution in [0, 0.1) is 23.3 Å². The van der Waals surface area contributed by atoms with Crippen LogP contribution in [0.15, 0.2) is 27.9 Å². The molecule has 0 amide bonds. The highest BCUT2D eigenvalue weighted by atomic mass is 31.2. The number of rotatable bonds is 7. The van der Waals surface area contributed by atoms with Gasteiger partial charge >= 0.3 is 14.3 Å². The van der Waals surface area contributed by atoms with Gasteiger partial charge in [0.25, 0.3) is 5.56 Å². The molecule has 29 heavy (non-hydrogen) atoms. The van der Waals surface area contributed by atoms with Gasteiger partial charge in [-0.05, 0) is 18.9 Å². The molecule has 3 rings (SSSR count). The van der Waals surface area contributed by atoms with E-state index >= 15 is 0 Å². The number of nitrogens with zero attached hydrogens (tertiary/aromatic N) is 1. The van der Waals surface area contributed by atoms with Crippen molar-refractivity contribution in [2.75, 3.05) is 6.61 Å². The first-order valence-electron chi connectivity index (χ1n) is 8.30. The van der Waals surface area contributed by atoms with Crippen LogP contribution in [0.2, 0.25) is 0 Å². The summed E-state index contributed by atoms with van der Waals surface area (Å²) in [5.41, 5.74) is -2.26. The Labute approximate surface area is 161 Å². The largest absolute Gasteiger partial charge is 0.352 e. The third-order valence-corrected chi connectivity index (χ3v) is 4.86. The van der Waals surface area contributed by atoms with Gasteiger partial charge in [0.05, 0.1) is 25.5 Å². The third kappa shape index (κ3) is 5.09. The molecule has 2 aromatic rings. The van der Waals surface area contributed by atoms with Gasteiger partial charge in [-0.25, -0.2) is 18.0 Å². The van der Waals surface area contributed by atoms with E-state index in [4.69, 9.17) is 13.8 Å². The van der Waals surface area contributed by atoms with E-state index in [-0.39, 0.29) is 12.2 Å². The molecule has 0 aliphatic carbocycles. The second-order valence-corrected chi connectivity index (χ2v) is 7.07. The van der Waals surface area contributed by atoms with Crippen molar-refractivity contribution < 1.29 is 36.2 Å². The van der Waals surface area contributed by atoms with Gasteiger partial charge in [-0.15, -0.1) is 0 Å². The first-order chi connectivity index (χ1) is 13.8. The number of hydrogen-bond acceptors (Lipinski definition) is 6. The second-order valence-electron chi connectivity index (χ2n) is 6.08. The average Bonchev–Trinajstić information content (AvgIpc) is 3.15. The fraction of sp³-hybridized carbons (Fsp3) is 0.375. The molecular formula is C16H15F4N2O6P. The summed E-state index contributed by atoms with van der Waals surface area (Å²) < 4.78 is 69.3. The van der Waals surface area contributed by atoms with Crippen LogP contribution in [-0.2, 0) is 20.4 Å². The van der Waals surface area contributed by atoms with Crippen LogP contribution in [0.5, 0.6) is 0 Å². The summed E-state index contributed by atoms with van der Waals surface area (Å²) in [6.07, 6.45) is 0.0722. The number of benzene rings is 1. The lowest BCUT2D eigenvalue weighted by Crippen LogP contribution is -2.34. The molecule has 1 aliphatic rings. The highest BCUT2D eigenvalue weighted by molar-refractivity contribution is 7.40. The van der Waals surface area contributed by atoms with E-state index in [9.17, 15) is 32.0 Å². The molecule has 1 aromatic carbocycles. The van der Waals surface area contributed by atoms with Crippen LogP contribution in [-0.4, -0.2) is 27.2 Å². The molecule has 1 fully saturated rings. The topological polar surface area (TPSA) is 103 Å². The number of aromatic amines is 1. The number of nitrogens with one attached hydrogen (secondary N) is 1. The third-order valence-electron chi connectivity index (χ3n) is 4.14. The molecule has 1 aliphatic heterocycles. The molecule has 0 saturated carbocycles. The Morgan fingerprint density at radius 3 is 2.66 bits per heavy atom. The summed E-state index contributed by atoms with van der Waals surface area (Å²) in [5, 5.41) is 0. The van der Waals surface area contributed by atoms with Crippen molar-refractivity contribution in [2.45, 2.75) is 31.8 Å². The van der Waals surface area contributed by atoms with E-state index in [1.807, 2.05) is 4.98 Å². The molecule has 13 heteroatoms. The average molecular weight is 438 g/mol. The number of aromatic nitrogens is 2. The highest BCUT2D eigenvalue weighted by Gasteiger charge is 2.29. The van der Waals surface area contributed by atoms with Gasteiger partial charge in [-0.2, -0.15) is 4.39 Å². The van der Waals surface area contributed by atoms with E-state index in [0.29, 0.717) is 12.8 Å². The lowest BCUT2D eigenvalue weighted by atomic mass is 10.2. The lowest BCUT2D eigenvalue weighted by Gasteiger charge is -2.17. The molecule has 2 N–H and O–H groups in total. The maximum Gasteiger partial charge on any atom is 0.330 e. The molecule has 0 spiro atoms. The van der Waals surface area contributed by atoms with Crippen LogP contribution < -0.4 is 11.2 Å². The van der Waals surface area contributed by atoms with Crippen LogP contribution >= 0.6 is 8.60 Å². The van der Waals surface area contributed by atoms with Gasteiger partial charge in [0.1, 0.15) is 6.23 Å². The Balaban J connectivity index is 1.49. The smallest absolute Gasteiger partial charge is 0.330 e. The first-order valence-corrected chi connectivity index (χ1v) is 9.43. The standard InChI is InChI=1S/C16H15F4N2O6P/c17-10-3-1-8(13(19)14(10)20)6-26-29(25)27-7-9-2-4-12(28-9)22-5-11(18)15(23)21-16(22)24/h1,3,5,9,12,25H,2,4,6-7H2,(H,21,23,24). The first kappa shape index (κ1) is 21.6. The predicted octanol–water partition coefficient (Wildman–Crippen LogP) is 2.22. The second kappa shape index (κ2) is 9.14. The quantitative estimate of drug-likeness (QED) is 0.391. The molecule has 0 radical (unpaired) electrons. The van der Waals surface area contributed by atoms with Crippen molar-refractivity contribution in [2.24, 2.45) is 0 Å². The number of halogens is 4. The summed E-state index contributed by atoms with van der Waals surface area (Å²) in [4.78, 5) is 34.3. The Morgan fingerprint density at radius 2 is 1.90 bits per heavy atom. The van der Waals surface area contributed by atoms with E-state index in [1.54, 1.807) is 0 Å². The minimum atomic E-state index is -2.47. The van der Waals surface area contributed by atoms with Gasteiger partial charge in [-0.3, -0.25) is 14.3 Å². The van der Waals surface area contributed by atoms with Crippen LogP contribution in [0.25, 0.3) is 0 Å². The fourth-order valence-corrected chi connectivity index (χ4v) is 3.29. The summed E-state index contributed by atoms with van der Waals surface area (Å²) >= 11 is 0. The summed E-state index contributed by atoms with van der Waals surface area (Å²) in [5.74, 6) is -5.55. The normalized spacial score (nSPS) is 20.2. The van der Waals surface area contributed by atoms with Crippen molar-refractivity contribution in [3.8, 4) is 0 Å². The van der Waals surface area contributed by atoms with Gasteiger partial charge in [0.2, 0.25) is 5.82 Å². The Morgan fingerprint density at radius 1 is 1.14 bits per heavy atom. The van der Waals surface area contributed by atoms with Crippen molar-refractivity contribution in [1.82, 2.24) is 9.55 Å². The summed E-state index contributed by atoms with van der Waals surface area (Å²) in [7, 11) is -2.47. The molecule has 0 bridgehead atoms. The van der Waals surface area contributed by atoms with E-state index in [1.165, 1.54) is 0 Å². The SMILES string of the molecule is O=c1[nH]c(=O)n(C2CCC(COP(O)OCc3ccc(F)c(F)c3F)O2)cc1F. The zero-order valence-electron chi connectivity index (χ0n) is 14.6. The van der Waals surface area contributed by atoms with E-state index in [2.05, 4.69) is 0 Å². The minimum Gasteiger partial charge on any atom is -0.352 e. The summed E-state index contributed by atoms with van der Waals surface area (Å²) in [6, 6.07) is 1.70.